The minimum atomic E-state index is 0.101. The summed E-state index contributed by atoms with van der Waals surface area (Å²) in [6.07, 6.45) is 0. The maximum Gasteiger partial charge on any atom is 0.307 e. The van der Waals surface area contributed by atoms with Gasteiger partial charge in [0.05, 0.1) is 10.2 Å². The van der Waals surface area contributed by atoms with E-state index in [1.165, 1.54) is 22.6 Å². The molecule has 130 valence electrons. The van der Waals surface area contributed by atoms with Crippen LogP contribution in [0.5, 0.6) is 0 Å². The van der Waals surface area contributed by atoms with Crippen LogP contribution in [-0.2, 0) is 13.6 Å². The van der Waals surface area contributed by atoms with Crippen LogP contribution in [0.15, 0.2) is 47.3 Å². The van der Waals surface area contributed by atoms with Crippen LogP contribution in [0.1, 0.15) is 5.56 Å². The lowest BCUT2D eigenvalue weighted by Gasteiger charge is -2.36. The zero-order chi connectivity index (χ0) is 17.4. The van der Waals surface area contributed by atoms with Gasteiger partial charge in [0, 0.05) is 50.5 Å². The average Bonchev–Trinajstić information content (AvgIpc) is 2.90. The fraction of sp³-hybridized carbons (Fsp3) is 0.316. The number of piperazine rings is 1. The number of hydrogen-bond acceptors (Lipinski definition) is 4. The first-order chi connectivity index (χ1) is 12.1. The molecule has 1 fully saturated rings. The number of fused-ring (bicyclic) bond motifs is 1. The van der Waals surface area contributed by atoms with Gasteiger partial charge >= 0.3 is 4.87 Å². The summed E-state index contributed by atoms with van der Waals surface area (Å²) in [6, 6.07) is 14.4. The third kappa shape index (κ3) is 3.45. The maximum absolute atomic E-state index is 11.8. The summed E-state index contributed by atoms with van der Waals surface area (Å²) in [6.45, 7) is 5.03. The Morgan fingerprint density at radius 3 is 2.48 bits per heavy atom. The van der Waals surface area contributed by atoms with Gasteiger partial charge in [-0.25, -0.2) is 0 Å². The van der Waals surface area contributed by atoms with Gasteiger partial charge in [-0.05, 0) is 42.0 Å². The van der Waals surface area contributed by atoms with Gasteiger partial charge in [-0.1, -0.05) is 29.0 Å². The van der Waals surface area contributed by atoms with Crippen LogP contribution in [-0.4, -0.2) is 35.6 Å². The van der Waals surface area contributed by atoms with Gasteiger partial charge in [-0.15, -0.1) is 0 Å². The number of anilines is 1. The fourth-order valence-electron chi connectivity index (χ4n) is 3.35. The molecule has 4 rings (SSSR count). The van der Waals surface area contributed by atoms with Crippen molar-refractivity contribution in [2.75, 3.05) is 31.1 Å². The lowest BCUT2D eigenvalue weighted by Crippen LogP contribution is -2.45. The molecule has 25 heavy (non-hydrogen) atoms. The third-order valence-electron chi connectivity index (χ3n) is 4.83. The van der Waals surface area contributed by atoms with Gasteiger partial charge < -0.3 is 9.47 Å². The van der Waals surface area contributed by atoms with Crippen LogP contribution in [0.4, 0.5) is 5.69 Å². The number of thiazole rings is 1. The second-order valence-electron chi connectivity index (χ2n) is 6.47. The van der Waals surface area contributed by atoms with E-state index in [-0.39, 0.29) is 4.87 Å². The molecule has 0 N–H and O–H groups in total. The Morgan fingerprint density at radius 2 is 1.76 bits per heavy atom. The van der Waals surface area contributed by atoms with E-state index >= 15 is 0 Å². The molecule has 1 saturated heterocycles. The van der Waals surface area contributed by atoms with Crippen molar-refractivity contribution in [3.05, 3.63) is 62.7 Å². The highest BCUT2D eigenvalue weighted by molar-refractivity contribution is 7.16. The summed E-state index contributed by atoms with van der Waals surface area (Å²) in [4.78, 5) is 16.8. The molecule has 0 bridgehead atoms. The monoisotopic (exact) mass is 373 g/mol. The quantitative estimate of drug-likeness (QED) is 0.702. The summed E-state index contributed by atoms with van der Waals surface area (Å²) in [5, 5.41) is 0.779. The van der Waals surface area contributed by atoms with Crippen molar-refractivity contribution in [3.8, 4) is 0 Å². The lowest BCUT2D eigenvalue weighted by atomic mass is 10.1. The Hall–Kier alpha value is -1.82. The Labute approximate surface area is 155 Å². The summed E-state index contributed by atoms with van der Waals surface area (Å²) in [5.41, 5.74) is 3.53. The fourth-order valence-corrected chi connectivity index (χ4v) is 4.42. The van der Waals surface area contributed by atoms with Crippen molar-refractivity contribution in [2.24, 2.45) is 7.05 Å². The number of halogens is 1. The molecule has 0 saturated carbocycles. The van der Waals surface area contributed by atoms with Crippen molar-refractivity contribution in [1.29, 1.82) is 0 Å². The van der Waals surface area contributed by atoms with Gasteiger partial charge in [0.15, 0.2) is 0 Å². The molecular formula is C19H20ClN3OS. The highest BCUT2D eigenvalue weighted by atomic mass is 35.5. The zero-order valence-corrected chi connectivity index (χ0v) is 15.7. The molecule has 3 aromatic rings. The molecular weight excluding hydrogens is 354 g/mol. The van der Waals surface area contributed by atoms with E-state index in [4.69, 9.17) is 11.6 Å². The highest BCUT2D eigenvalue weighted by Gasteiger charge is 2.17. The normalized spacial score (nSPS) is 15.8. The standard InChI is InChI=1S/C19H20ClN3OS/c1-21-17-7-2-14(12-18(17)25-19(21)24)13-22-8-10-23(11-9-22)16-5-3-15(20)4-6-16/h2-7,12H,8-11,13H2,1H3. The first-order valence-electron chi connectivity index (χ1n) is 8.41. The highest BCUT2D eigenvalue weighted by Crippen LogP contribution is 2.22. The predicted molar refractivity (Wildman–Crippen MR) is 106 cm³/mol. The molecule has 0 aliphatic carbocycles. The molecule has 0 radical (unpaired) electrons. The second kappa shape index (κ2) is 6.83. The first kappa shape index (κ1) is 16.6. The van der Waals surface area contributed by atoms with Crippen LogP contribution in [0.2, 0.25) is 5.02 Å². The van der Waals surface area contributed by atoms with Crippen LogP contribution in [0, 0.1) is 0 Å². The molecule has 0 amide bonds. The minimum Gasteiger partial charge on any atom is -0.369 e. The molecule has 0 atom stereocenters. The van der Waals surface area contributed by atoms with E-state index < -0.39 is 0 Å². The SMILES string of the molecule is Cn1c(=O)sc2cc(CN3CCN(c4ccc(Cl)cc4)CC3)ccc21. The Bertz CT molecular complexity index is 939. The summed E-state index contributed by atoms with van der Waals surface area (Å²) in [7, 11) is 1.83. The van der Waals surface area contributed by atoms with Crippen LogP contribution in [0.25, 0.3) is 10.2 Å². The van der Waals surface area contributed by atoms with Gasteiger partial charge in [-0.2, -0.15) is 0 Å². The zero-order valence-electron chi connectivity index (χ0n) is 14.1. The smallest absolute Gasteiger partial charge is 0.307 e. The molecule has 2 aromatic carbocycles. The van der Waals surface area contributed by atoms with Gasteiger partial charge in [-0.3, -0.25) is 9.69 Å². The van der Waals surface area contributed by atoms with E-state index in [0.717, 1.165) is 48.0 Å². The van der Waals surface area contributed by atoms with Crippen molar-refractivity contribution in [3.63, 3.8) is 0 Å². The number of rotatable bonds is 3. The summed E-state index contributed by atoms with van der Waals surface area (Å²) in [5.74, 6) is 0. The van der Waals surface area contributed by atoms with E-state index in [1.54, 1.807) is 4.57 Å². The average molecular weight is 374 g/mol. The molecule has 0 spiro atoms. The van der Waals surface area contributed by atoms with Gasteiger partial charge in [0.2, 0.25) is 0 Å². The number of nitrogens with zero attached hydrogens (tertiary/aromatic N) is 3. The van der Waals surface area contributed by atoms with E-state index in [1.807, 2.05) is 19.2 Å². The number of aromatic nitrogens is 1. The first-order valence-corrected chi connectivity index (χ1v) is 9.61. The molecule has 1 aromatic heterocycles. The third-order valence-corrected chi connectivity index (χ3v) is 6.07. The Morgan fingerprint density at radius 1 is 1.04 bits per heavy atom. The number of aryl methyl sites for hydroxylation is 1. The Kier molecular flexibility index (Phi) is 4.54. The largest absolute Gasteiger partial charge is 0.369 e. The molecule has 1 aliphatic heterocycles. The van der Waals surface area contributed by atoms with Crippen LogP contribution in [0.3, 0.4) is 0 Å². The number of benzene rings is 2. The lowest BCUT2D eigenvalue weighted by molar-refractivity contribution is 0.250. The summed E-state index contributed by atoms with van der Waals surface area (Å²) < 4.78 is 2.79. The van der Waals surface area contributed by atoms with Gasteiger partial charge in [0.25, 0.3) is 0 Å². The maximum atomic E-state index is 11.8. The van der Waals surface area contributed by atoms with E-state index in [0.29, 0.717) is 0 Å². The molecule has 0 unspecified atom stereocenters. The van der Waals surface area contributed by atoms with Crippen molar-refractivity contribution < 1.29 is 0 Å². The number of hydrogen-bond donors (Lipinski definition) is 0. The van der Waals surface area contributed by atoms with Crippen LogP contribution >= 0.6 is 22.9 Å². The van der Waals surface area contributed by atoms with E-state index in [2.05, 4.69) is 40.1 Å². The van der Waals surface area contributed by atoms with Crippen molar-refractivity contribution in [2.45, 2.75) is 6.54 Å². The van der Waals surface area contributed by atoms with Gasteiger partial charge in [0.1, 0.15) is 0 Å². The second-order valence-corrected chi connectivity index (χ2v) is 7.90. The molecule has 4 nitrogen and oxygen atoms in total. The van der Waals surface area contributed by atoms with E-state index in [9.17, 15) is 4.79 Å². The topological polar surface area (TPSA) is 28.5 Å². The molecule has 1 aliphatic rings. The predicted octanol–water partition coefficient (Wildman–Crippen LogP) is 3.58. The van der Waals surface area contributed by atoms with Crippen molar-refractivity contribution in [1.82, 2.24) is 9.47 Å². The Balaban J connectivity index is 1.41. The molecule has 6 heteroatoms. The van der Waals surface area contributed by atoms with Crippen molar-refractivity contribution >= 4 is 38.8 Å². The summed E-state index contributed by atoms with van der Waals surface area (Å²) >= 11 is 7.29. The molecule has 2 heterocycles. The minimum absolute atomic E-state index is 0.101. The van der Waals surface area contributed by atoms with Crippen LogP contribution < -0.4 is 9.77 Å².